The molecule has 1 radical (unpaired) electrons. The summed E-state index contributed by atoms with van der Waals surface area (Å²) in [5, 5.41) is 5.86. The van der Waals surface area contributed by atoms with Crippen LogP contribution >= 0.6 is 0 Å². The third-order valence-corrected chi connectivity index (χ3v) is 2.33. The summed E-state index contributed by atoms with van der Waals surface area (Å²) in [6.07, 6.45) is 0. The lowest BCUT2D eigenvalue weighted by Gasteiger charge is -2.25. The molecule has 1 saturated heterocycles. The van der Waals surface area contributed by atoms with Gasteiger partial charge in [-0.1, -0.05) is 30.3 Å². The van der Waals surface area contributed by atoms with Gasteiger partial charge in [-0.25, -0.2) is 0 Å². The Morgan fingerprint density at radius 1 is 1.36 bits per heavy atom. The van der Waals surface area contributed by atoms with Crippen molar-refractivity contribution in [3.63, 3.8) is 0 Å². The third-order valence-electron chi connectivity index (χ3n) is 2.33. The van der Waals surface area contributed by atoms with Gasteiger partial charge in [-0.2, -0.15) is 0 Å². The third kappa shape index (κ3) is 2.12. The number of carbonyl (C=O) groups excluding carboxylic acids is 1. The maximum Gasteiger partial charge on any atom is 0.226 e. The first kappa shape index (κ1) is 9.21. The van der Waals surface area contributed by atoms with E-state index in [2.05, 4.69) is 10.6 Å². The Kier molecular flexibility index (Phi) is 2.79. The van der Waals surface area contributed by atoms with E-state index in [0.29, 0.717) is 0 Å². The molecule has 2 rings (SSSR count). The second-order valence-electron chi connectivity index (χ2n) is 3.42. The van der Waals surface area contributed by atoms with Gasteiger partial charge >= 0.3 is 0 Å². The quantitative estimate of drug-likeness (QED) is 0.728. The number of benzene rings is 1. The average molecular weight is 189 g/mol. The summed E-state index contributed by atoms with van der Waals surface area (Å²) < 4.78 is 0. The van der Waals surface area contributed by atoms with Crippen LogP contribution in [-0.4, -0.2) is 19.0 Å². The number of nitrogens with one attached hydrogen (secondary N) is 2. The summed E-state index contributed by atoms with van der Waals surface area (Å²) in [5.74, 6) is 0.252. The normalized spacial score (nSPS) is 16.0. The number of hydrogen-bond acceptors (Lipinski definition) is 2. The van der Waals surface area contributed by atoms with Crippen LogP contribution in [0.4, 0.5) is 0 Å². The van der Waals surface area contributed by atoms with E-state index >= 15 is 0 Å². The van der Waals surface area contributed by atoms with Gasteiger partial charge in [0, 0.05) is 13.1 Å². The van der Waals surface area contributed by atoms with Crippen molar-refractivity contribution in [2.24, 2.45) is 5.92 Å². The van der Waals surface area contributed by atoms with Crippen LogP contribution < -0.4 is 10.6 Å². The predicted octanol–water partition coefficient (Wildman–Crippen LogP) is 0.532. The SMILES string of the molecule is O=C(N[CH]c1ccccc1)C1CNC1. The van der Waals surface area contributed by atoms with Gasteiger partial charge in [0.05, 0.1) is 12.5 Å². The fourth-order valence-corrected chi connectivity index (χ4v) is 1.30. The van der Waals surface area contributed by atoms with E-state index in [4.69, 9.17) is 0 Å². The Balaban J connectivity index is 1.79. The molecule has 0 atom stereocenters. The van der Waals surface area contributed by atoms with Crippen molar-refractivity contribution < 1.29 is 4.79 Å². The highest BCUT2D eigenvalue weighted by atomic mass is 16.2. The van der Waals surface area contributed by atoms with Crippen molar-refractivity contribution in [1.82, 2.24) is 10.6 Å². The molecular weight excluding hydrogens is 176 g/mol. The number of carbonyl (C=O) groups is 1. The highest BCUT2D eigenvalue weighted by molar-refractivity contribution is 5.81. The van der Waals surface area contributed by atoms with E-state index in [1.54, 1.807) is 6.54 Å². The summed E-state index contributed by atoms with van der Waals surface area (Å²) in [6, 6.07) is 9.76. The van der Waals surface area contributed by atoms with Crippen molar-refractivity contribution in [3.05, 3.63) is 42.4 Å². The van der Waals surface area contributed by atoms with Gasteiger partial charge in [0.2, 0.25) is 5.91 Å². The second-order valence-corrected chi connectivity index (χ2v) is 3.42. The van der Waals surface area contributed by atoms with Crippen LogP contribution in [0, 0.1) is 12.5 Å². The van der Waals surface area contributed by atoms with Crippen LogP contribution in [0.1, 0.15) is 5.56 Å². The Morgan fingerprint density at radius 2 is 2.07 bits per heavy atom. The minimum absolute atomic E-state index is 0.104. The van der Waals surface area contributed by atoms with Crippen LogP contribution in [0.5, 0.6) is 0 Å². The summed E-state index contributed by atoms with van der Waals surface area (Å²) in [4.78, 5) is 11.4. The number of rotatable bonds is 3. The lowest BCUT2D eigenvalue weighted by atomic mass is 10.0. The average Bonchev–Trinajstić information content (AvgIpc) is 2.14. The zero-order valence-electron chi connectivity index (χ0n) is 7.86. The van der Waals surface area contributed by atoms with Crippen LogP contribution in [0.15, 0.2) is 30.3 Å². The van der Waals surface area contributed by atoms with Gasteiger partial charge in [0.25, 0.3) is 0 Å². The van der Waals surface area contributed by atoms with Gasteiger partial charge in [0.1, 0.15) is 0 Å². The van der Waals surface area contributed by atoms with E-state index in [0.717, 1.165) is 18.7 Å². The van der Waals surface area contributed by atoms with E-state index in [-0.39, 0.29) is 11.8 Å². The van der Waals surface area contributed by atoms with Crippen molar-refractivity contribution in [3.8, 4) is 0 Å². The van der Waals surface area contributed by atoms with Gasteiger partial charge < -0.3 is 10.6 Å². The minimum atomic E-state index is 0.104. The number of hydrogen-bond donors (Lipinski definition) is 2. The van der Waals surface area contributed by atoms with Gasteiger partial charge in [-0.3, -0.25) is 4.79 Å². The summed E-state index contributed by atoms with van der Waals surface area (Å²) in [6.45, 7) is 3.35. The Labute approximate surface area is 83.5 Å². The fourth-order valence-electron chi connectivity index (χ4n) is 1.30. The van der Waals surface area contributed by atoms with Gasteiger partial charge in [-0.05, 0) is 5.56 Å². The standard InChI is InChI=1S/C11H13N2O/c14-11(10-7-12-8-10)13-6-9-4-2-1-3-5-9/h1-6,10,12H,7-8H2,(H,13,14). The summed E-state index contributed by atoms with van der Waals surface area (Å²) in [5.41, 5.74) is 1.02. The maximum atomic E-state index is 11.4. The molecule has 0 saturated carbocycles. The summed E-state index contributed by atoms with van der Waals surface area (Å²) in [7, 11) is 0. The molecule has 0 aliphatic carbocycles. The van der Waals surface area contributed by atoms with E-state index in [1.165, 1.54) is 0 Å². The molecule has 73 valence electrons. The molecule has 1 aromatic rings. The zero-order valence-corrected chi connectivity index (χ0v) is 7.86. The highest BCUT2D eigenvalue weighted by Gasteiger charge is 2.24. The van der Waals surface area contributed by atoms with Crippen molar-refractivity contribution in [2.75, 3.05) is 13.1 Å². The first-order valence-electron chi connectivity index (χ1n) is 4.75. The largest absolute Gasteiger partial charge is 0.347 e. The predicted molar refractivity (Wildman–Crippen MR) is 54.3 cm³/mol. The molecule has 1 aliphatic heterocycles. The smallest absolute Gasteiger partial charge is 0.226 e. The molecule has 0 aromatic heterocycles. The molecule has 1 aliphatic rings. The monoisotopic (exact) mass is 189 g/mol. The van der Waals surface area contributed by atoms with Crippen LogP contribution in [0.25, 0.3) is 0 Å². The van der Waals surface area contributed by atoms with E-state index in [9.17, 15) is 4.79 Å². The van der Waals surface area contributed by atoms with Crippen LogP contribution in [0.3, 0.4) is 0 Å². The molecular formula is C11H13N2O. The molecule has 2 N–H and O–H groups in total. The lowest BCUT2D eigenvalue weighted by Crippen LogP contribution is -2.50. The molecule has 0 bridgehead atoms. The summed E-state index contributed by atoms with van der Waals surface area (Å²) >= 11 is 0. The lowest BCUT2D eigenvalue weighted by molar-refractivity contribution is -0.125. The molecule has 1 heterocycles. The molecule has 1 fully saturated rings. The first-order chi connectivity index (χ1) is 6.86. The Bertz CT molecular complexity index is 306. The minimum Gasteiger partial charge on any atom is -0.347 e. The maximum absolute atomic E-state index is 11.4. The molecule has 14 heavy (non-hydrogen) atoms. The highest BCUT2D eigenvalue weighted by Crippen LogP contribution is 2.04. The van der Waals surface area contributed by atoms with Crippen molar-refractivity contribution >= 4 is 5.91 Å². The van der Waals surface area contributed by atoms with E-state index < -0.39 is 0 Å². The van der Waals surface area contributed by atoms with Crippen molar-refractivity contribution in [1.29, 1.82) is 0 Å². The van der Waals surface area contributed by atoms with Crippen LogP contribution in [0.2, 0.25) is 0 Å². The second kappa shape index (κ2) is 4.24. The molecule has 1 aromatic carbocycles. The van der Waals surface area contributed by atoms with Gasteiger partial charge in [0.15, 0.2) is 0 Å². The molecule has 3 heteroatoms. The molecule has 0 unspecified atom stereocenters. The Hall–Kier alpha value is -1.35. The van der Waals surface area contributed by atoms with Crippen LogP contribution in [-0.2, 0) is 4.79 Å². The zero-order chi connectivity index (χ0) is 9.80. The van der Waals surface area contributed by atoms with Gasteiger partial charge in [-0.15, -0.1) is 0 Å². The molecule has 3 nitrogen and oxygen atoms in total. The number of amides is 1. The first-order valence-corrected chi connectivity index (χ1v) is 4.75. The topological polar surface area (TPSA) is 41.1 Å². The van der Waals surface area contributed by atoms with Crippen molar-refractivity contribution in [2.45, 2.75) is 0 Å². The van der Waals surface area contributed by atoms with E-state index in [1.807, 2.05) is 30.3 Å². The molecule has 1 amide bonds. The molecule has 0 spiro atoms. The fraction of sp³-hybridized carbons (Fsp3) is 0.273. The Morgan fingerprint density at radius 3 is 2.64 bits per heavy atom.